The van der Waals surface area contributed by atoms with Crippen LogP contribution in [0.2, 0.25) is 0 Å². The topological polar surface area (TPSA) is 56.0 Å². The van der Waals surface area contributed by atoms with E-state index in [4.69, 9.17) is 5.73 Å². The second-order valence-electron chi connectivity index (χ2n) is 4.29. The van der Waals surface area contributed by atoms with Crippen molar-refractivity contribution in [1.29, 1.82) is 0 Å². The summed E-state index contributed by atoms with van der Waals surface area (Å²) in [5, 5.41) is 0. The van der Waals surface area contributed by atoms with E-state index in [2.05, 4.69) is 11.9 Å². The minimum atomic E-state index is -0.0252. The molecular weight excluding hydrogens is 176 g/mol. The van der Waals surface area contributed by atoms with Crippen LogP contribution in [0.15, 0.2) is 12.1 Å². The minimum Gasteiger partial charge on any atom is -0.399 e. The molecule has 3 heteroatoms. The molecule has 0 spiro atoms. The smallest absolute Gasteiger partial charge is 0.178 e. The van der Waals surface area contributed by atoms with Crippen LogP contribution in [-0.4, -0.2) is 10.8 Å². The molecule has 1 aromatic rings. The Hall–Kier alpha value is -1.38. The fourth-order valence-corrected chi connectivity index (χ4v) is 1.48. The van der Waals surface area contributed by atoms with E-state index in [1.807, 2.05) is 6.07 Å². The summed E-state index contributed by atoms with van der Waals surface area (Å²) < 4.78 is 0. The normalized spacial score (nSPS) is 17.9. The van der Waals surface area contributed by atoms with E-state index in [1.165, 1.54) is 6.92 Å². The summed E-state index contributed by atoms with van der Waals surface area (Å²) in [7, 11) is 0. The molecule has 2 rings (SSSR count). The van der Waals surface area contributed by atoms with E-state index < -0.39 is 0 Å². The van der Waals surface area contributed by atoms with Crippen molar-refractivity contribution in [2.75, 3.05) is 5.73 Å². The molecule has 1 saturated carbocycles. The van der Waals surface area contributed by atoms with Gasteiger partial charge in [0.05, 0.1) is 0 Å². The monoisotopic (exact) mass is 190 g/mol. The second-order valence-corrected chi connectivity index (χ2v) is 4.29. The Morgan fingerprint density at radius 1 is 1.50 bits per heavy atom. The highest BCUT2D eigenvalue weighted by Gasteiger charge is 2.40. The van der Waals surface area contributed by atoms with Crippen LogP contribution in [-0.2, 0) is 5.41 Å². The van der Waals surface area contributed by atoms with Gasteiger partial charge < -0.3 is 5.73 Å². The average molecular weight is 190 g/mol. The number of carbonyl (C=O) groups excluding carboxylic acids is 1. The third-order valence-electron chi connectivity index (χ3n) is 2.83. The first-order chi connectivity index (χ1) is 6.51. The highest BCUT2D eigenvalue weighted by molar-refractivity contribution is 5.93. The summed E-state index contributed by atoms with van der Waals surface area (Å²) in [4.78, 5) is 15.5. The summed E-state index contributed by atoms with van der Waals surface area (Å²) in [5.41, 5.74) is 7.97. The van der Waals surface area contributed by atoms with E-state index >= 15 is 0 Å². The lowest BCUT2D eigenvalue weighted by Gasteiger charge is -2.09. The van der Waals surface area contributed by atoms with Crippen LogP contribution in [0, 0.1) is 0 Å². The van der Waals surface area contributed by atoms with Crippen molar-refractivity contribution >= 4 is 11.5 Å². The Morgan fingerprint density at radius 2 is 2.14 bits per heavy atom. The lowest BCUT2D eigenvalue weighted by molar-refractivity contribution is 0.101. The molecule has 74 valence electrons. The van der Waals surface area contributed by atoms with E-state index in [1.54, 1.807) is 6.07 Å². The van der Waals surface area contributed by atoms with Gasteiger partial charge >= 0.3 is 0 Å². The summed E-state index contributed by atoms with van der Waals surface area (Å²) in [6, 6.07) is 3.51. The molecule has 1 aliphatic carbocycles. The van der Waals surface area contributed by atoms with Crippen molar-refractivity contribution in [1.82, 2.24) is 4.98 Å². The Labute approximate surface area is 83.3 Å². The van der Waals surface area contributed by atoms with Gasteiger partial charge in [-0.2, -0.15) is 0 Å². The quantitative estimate of drug-likeness (QED) is 0.725. The first-order valence-corrected chi connectivity index (χ1v) is 4.80. The second kappa shape index (κ2) is 2.80. The SMILES string of the molecule is CC(=O)c1cc(N)cc(C2(C)CC2)n1. The number of aromatic nitrogens is 1. The highest BCUT2D eigenvalue weighted by atomic mass is 16.1. The first kappa shape index (κ1) is 9.19. The molecule has 14 heavy (non-hydrogen) atoms. The van der Waals surface area contributed by atoms with Gasteiger partial charge in [0, 0.05) is 23.7 Å². The molecule has 0 aliphatic heterocycles. The van der Waals surface area contributed by atoms with Gasteiger partial charge in [-0.3, -0.25) is 4.79 Å². The number of nitrogen functional groups attached to an aromatic ring is 1. The number of nitrogens with two attached hydrogens (primary N) is 1. The van der Waals surface area contributed by atoms with Gasteiger partial charge in [0.15, 0.2) is 5.78 Å². The van der Waals surface area contributed by atoms with Crippen LogP contribution in [0.1, 0.15) is 42.9 Å². The fraction of sp³-hybridized carbons (Fsp3) is 0.455. The maximum atomic E-state index is 11.2. The van der Waals surface area contributed by atoms with Crippen LogP contribution in [0.3, 0.4) is 0 Å². The molecule has 1 fully saturated rings. The predicted octanol–water partition coefficient (Wildman–Crippen LogP) is 1.92. The molecule has 3 nitrogen and oxygen atoms in total. The number of rotatable bonds is 2. The molecule has 0 saturated heterocycles. The number of Topliss-reactive ketones (excluding diaryl/α,β-unsaturated/α-hetero) is 1. The Bertz CT molecular complexity index is 394. The third-order valence-corrected chi connectivity index (χ3v) is 2.83. The van der Waals surface area contributed by atoms with Crippen molar-refractivity contribution in [3.8, 4) is 0 Å². The summed E-state index contributed by atoms with van der Waals surface area (Å²) >= 11 is 0. The van der Waals surface area contributed by atoms with Crippen molar-refractivity contribution in [2.24, 2.45) is 0 Å². The molecule has 0 radical (unpaired) electrons. The van der Waals surface area contributed by atoms with Crippen molar-refractivity contribution in [2.45, 2.75) is 32.1 Å². The molecule has 0 unspecified atom stereocenters. The van der Waals surface area contributed by atoms with Gasteiger partial charge in [-0.15, -0.1) is 0 Å². The molecule has 1 heterocycles. The Balaban J connectivity index is 2.47. The van der Waals surface area contributed by atoms with Gasteiger partial charge in [-0.25, -0.2) is 4.98 Å². The Kier molecular flexibility index (Phi) is 1.84. The van der Waals surface area contributed by atoms with Crippen LogP contribution in [0.5, 0.6) is 0 Å². The average Bonchev–Trinajstić information content (AvgIpc) is 2.84. The van der Waals surface area contributed by atoms with Gasteiger partial charge in [0.2, 0.25) is 0 Å². The van der Waals surface area contributed by atoms with Crippen LogP contribution in [0.25, 0.3) is 0 Å². The lowest BCUT2D eigenvalue weighted by Crippen LogP contribution is -2.09. The maximum absolute atomic E-state index is 11.2. The number of pyridine rings is 1. The van der Waals surface area contributed by atoms with Gasteiger partial charge in [-0.1, -0.05) is 6.92 Å². The van der Waals surface area contributed by atoms with Gasteiger partial charge in [0.1, 0.15) is 5.69 Å². The van der Waals surface area contributed by atoms with Crippen LogP contribution >= 0.6 is 0 Å². The maximum Gasteiger partial charge on any atom is 0.178 e. The third kappa shape index (κ3) is 1.50. The highest BCUT2D eigenvalue weighted by Crippen LogP contribution is 2.47. The van der Waals surface area contributed by atoms with Crippen molar-refractivity contribution < 1.29 is 4.79 Å². The van der Waals surface area contributed by atoms with E-state index in [9.17, 15) is 4.79 Å². The molecule has 0 amide bonds. The standard InChI is InChI=1S/C11H14N2O/c1-7(14)9-5-8(12)6-10(13-9)11(2)3-4-11/h5-6H,3-4H2,1-2H3,(H2,12,13). The van der Waals surface area contributed by atoms with Crippen molar-refractivity contribution in [3.05, 3.63) is 23.5 Å². The molecule has 2 N–H and O–H groups in total. The van der Waals surface area contributed by atoms with Crippen LogP contribution < -0.4 is 5.73 Å². The number of nitrogens with zero attached hydrogens (tertiary/aromatic N) is 1. The largest absolute Gasteiger partial charge is 0.399 e. The summed E-state index contributed by atoms with van der Waals surface area (Å²) in [6.45, 7) is 3.67. The lowest BCUT2D eigenvalue weighted by atomic mass is 10.0. The first-order valence-electron chi connectivity index (χ1n) is 4.80. The number of hydrogen-bond acceptors (Lipinski definition) is 3. The molecular formula is C11H14N2O. The zero-order chi connectivity index (χ0) is 10.3. The number of carbonyl (C=O) groups is 1. The molecule has 0 aromatic carbocycles. The molecule has 1 aliphatic rings. The number of anilines is 1. The number of hydrogen-bond donors (Lipinski definition) is 1. The summed E-state index contributed by atoms with van der Waals surface area (Å²) in [6.07, 6.45) is 2.28. The zero-order valence-corrected chi connectivity index (χ0v) is 8.50. The van der Waals surface area contributed by atoms with Gasteiger partial charge in [0.25, 0.3) is 0 Å². The van der Waals surface area contributed by atoms with E-state index in [0.717, 1.165) is 18.5 Å². The van der Waals surface area contributed by atoms with Crippen LogP contribution in [0.4, 0.5) is 5.69 Å². The summed E-state index contributed by atoms with van der Waals surface area (Å²) in [5.74, 6) is -0.0252. The fourth-order valence-electron chi connectivity index (χ4n) is 1.48. The van der Waals surface area contributed by atoms with E-state index in [0.29, 0.717) is 11.4 Å². The number of ketones is 1. The Morgan fingerprint density at radius 3 is 2.64 bits per heavy atom. The molecule has 1 aromatic heterocycles. The minimum absolute atomic E-state index is 0.0252. The molecule has 0 bridgehead atoms. The predicted molar refractivity (Wildman–Crippen MR) is 55.2 cm³/mol. The molecule has 0 atom stereocenters. The zero-order valence-electron chi connectivity index (χ0n) is 8.50. The van der Waals surface area contributed by atoms with Gasteiger partial charge in [-0.05, 0) is 25.0 Å². The van der Waals surface area contributed by atoms with Crippen molar-refractivity contribution in [3.63, 3.8) is 0 Å². The van der Waals surface area contributed by atoms with E-state index in [-0.39, 0.29) is 11.2 Å².